The normalized spacial score (nSPS) is 12.8. The van der Waals surface area contributed by atoms with E-state index < -0.39 is 0 Å². The van der Waals surface area contributed by atoms with E-state index >= 15 is 0 Å². The van der Waals surface area contributed by atoms with Crippen molar-refractivity contribution in [2.24, 2.45) is 5.73 Å². The van der Waals surface area contributed by atoms with Gasteiger partial charge in [0.2, 0.25) is 0 Å². The molecule has 13 heavy (non-hydrogen) atoms. The molecular weight excluding hydrogens is 178 g/mol. The van der Waals surface area contributed by atoms with Crippen LogP contribution in [0.4, 0.5) is 0 Å². The molecule has 0 aliphatic carbocycles. The van der Waals surface area contributed by atoms with Gasteiger partial charge in [-0.05, 0) is 25.0 Å². The van der Waals surface area contributed by atoms with E-state index in [1.807, 2.05) is 11.8 Å². The maximum absolute atomic E-state index is 5.85. The number of hydrogen-bond donors (Lipinski definition) is 1. The quantitative estimate of drug-likeness (QED) is 0.748. The van der Waals surface area contributed by atoms with Gasteiger partial charge >= 0.3 is 0 Å². The molecular formula is C11H17NS. The van der Waals surface area contributed by atoms with Crippen LogP contribution in [0.5, 0.6) is 0 Å². The summed E-state index contributed by atoms with van der Waals surface area (Å²) in [5.41, 5.74) is 7.19. The Balaban J connectivity index is 2.50. The predicted octanol–water partition coefficient (Wildman–Crippen LogP) is 2.82. The van der Waals surface area contributed by atoms with Crippen LogP contribution in [0.3, 0.4) is 0 Å². The van der Waals surface area contributed by atoms with Crippen molar-refractivity contribution in [1.29, 1.82) is 0 Å². The highest BCUT2D eigenvalue weighted by atomic mass is 32.2. The second-order valence-electron chi connectivity index (χ2n) is 3.24. The third-order valence-electron chi connectivity index (χ3n) is 2.07. The summed E-state index contributed by atoms with van der Waals surface area (Å²) in [5, 5.41) is 0. The van der Waals surface area contributed by atoms with Crippen LogP contribution in [0, 0.1) is 6.92 Å². The average Bonchev–Trinajstić information content (AvgIpc) is 2.16. The number of nitrogens with two attached hydrogens (primary N) is 1. The van der Waals surface area contributed by atoms with Gasteiger partial charge in [0.05, 0.1) is 0 Å². The fourth-order valence-corrected chi connectivity index (χ4v) is 2.13. The molecule has 0 fully saturated rings. The van der Waals surface area contributed by atoms with E-state index in [0.717, 1.165) is 12.2 Å². The molecule has 1 aromatic rings. The molecule has 1 rings (SSSR count). The molecule has 0 unspecified atom stereocenters. The van der Waals surface area contributed by atoms with Crippen LogP contribution in [0.2, 0.25) is 0 Å². The van der Waals surface area contributed by atoms with Crippen LogP contribution in [0.1, 0.15) is 18.9 Å². The Morgan fingerprint density at radius 3 is 2.69 bits per heavy atom. The Hall–Kier alpha value is -0.470. The Labute approximate surface area is 84.7 Å². The molecule has 1 atom stereocenters. The zero-order valence-corrected chi connectivity index (χ0v) is 9.10. The summed E-state index contributed by atoms with van der Waals surface area (Å²) in [6, 6.07) is 8.76. The highest BCUT2D eigenvalue weighted by molar-refractivity contribution is 7.99. The van der Waals surface area contributed by atoms with Gasteiger partial charge in [0.25, 0.3) is 0 Å². The van der Waals surface area contributed by atoms with Crippen molar-refractivity contribution in [2.45, 2.75) is 31.2 Å². The molecule has 0 aliphatic heterocycles. The summed E-state index contributed by atoms with van der Waals surface area (Å²) in [5.74, 6) is 1.02. The molecule has 0 saturated carbocycles. The van der Waals surface area contributed by atoms with Crippen LogP contribution in [-0.2, 0) is 0 Å². The first kappa shape index (κ1) is 10.6. The summed E-state index contributed by atoms with van der Waals surface area (Å²) in [7, 11) is 0. The van der Waals surface area contributed by atoms with Crippen LogP contribution in [0.25, 0.3) is 0 Å². The number of thioether (sulfide) groups is 1. The molecule has 0 aromatic heterocycles. The Bertz CT molecular complexity index is 260. The summed E-state index contributed by atoms with van der Waals surface area (Å²) in [6.07, 6.45) is 1.05. The fraction of sp³-hybridized carbons (Fsp3) is 0.455. The zero-order chi connectivity index (χ0) is 9.68. The number of rotatable bonds is 4. The molecule has 2 N–H and O–H groups in total. The first-order valence-electron chi connectivity index (χ1n) is 4.68. The molecule has 0 radical (unpaired) electrons. The van der Waals surface area contributed by atoms with Crippen molar-refractivity contribution >= 4 is 11.8 Å². The fourth-order valence-electron chi connectivity index (χ4n) is 1.03. The summed E-state index contributed by atoms with van der Waals surface area (Å²) < 4.78 is 0. The topological polar surface area (TPSA) is 26.0 Å². The minimum atomic E-state index is 0.324. The molecule has 0 saturated heterocycles. The summed E-state index contributed by atoms with van der Waals surface area (Å²) in [4.78, 5) is 1.35. The first-order valence-corrected chi connectivity index (χ1v) is 5.66. The third kappa shape index (κ3) is 3.41. The Morgan fingerprint density at radius 2 is 2.08 bits per heavy atom. The molecule has 2 heteroatoms. The lowest BCUT2D eigenvalue weighted by Gasteiger charge is -2.09. The number of benzene rings is 1. The molecule has 1 nitrogen and oxygen atoms in total. The minimum Gasteiger partial charge on any atom is -0.327 e. The van der Waals surface area contributed by atoms with Crippen molar-refractivity contribution in [3.63, 3.8) is 0 Å². The van der Waals surface area contributed by atoms with Gasteiger partial charge in [-0.1, -0.05) is 25.1 Å². The van der Waals surface area contributed by atoms with Crippen LogP contribution in [0.15, 0.2) is 29.2 Å². The van der Waals surface area contributed by atoms with E-state index in [0.29, 0.717) is 6.04 Å². The Kier molecular flexibility index (Phi) is 4.33. The van der Waals surface area contributed by atoms with E-state index in [1.165, 1.54) is 10.5 Å². The van der Waals surface area contributed by atoms with Crippen molar-refractivity contribution in [3.8, 4) is 0 Å². The molecule has 0 bridgehead atoms. The summed E-state index contributed by atoms with van der Waals surface area (Å²) >= 11 is 1.85. The van der Waals surface area contributed by atoms with E-state index in [1.54, 1.807) is 0 Å². The van der Waals surface area contributed by atoms with Crippen molar-refractivity contribution in [2.75, 3.05) is 5.75 Å². The lowest BCUT2D eigenvalue weighted by molar-refractivity contribution is 0.725. The second kappa shape index (κ2) is 5.30. The van der Waals surface area contributed by atoms with Crippen molar-refractivity contribution < 1.29 is 0 Å². The zero-order valence-electron chi connectivity index (χ0n) is 8.29. The van der Waals surface area contributed by atoms with E-state index in [2.05, 4.69) is 38.1 Å². The van der Waals surface area contributed by atoms with Crippen molar-refractivity contribution in [3.05, 3.63) is 29.8 Å². The van der Waals surface area contributed by atoms with Gasteiger partial charge in [-0.15, -0.1) is 11.8 Å². The van der Waals surface area contributed by atoms with Gasteiger partial charge in [-0.3, -0.25) is 0 Å². The lowest BCUT2D eigenvalue weighted by atomic mass is 10.2. The first-order chi connectivity index (χ1) is 6.24. The SMILES string of the molecule is CC[C@@H](N)CSc1ccccc1C. The second-order valence-corrected chi connectivity index (χ2v) is 4.31. The predicted molar refractivity (Wildman–Crippen MR) is 60.2 cm³/mol. The lowest BCUT2D eigenvalue weighted by Crippen LogP contribution is -2.21. The van der Waals surface area contributed by atoms with Gasteiger partial charge in [0, 0.05) is 16.7 Å². The molecule has 0 heterocycles. The smallest absolute Gasteiger partial charge is 0.0132 e. The highest BCUT2D eigenvalue weighted by Crippen LogP contribution is 2.22. The van der Waals surface area contributed by atoms with Gasteiger partial charge in [0.15, 0.2) is 0 Å². The molecule has 72 valence electrons. The van der Waals surface area contributed by atoms with E-state index in [-0.39, 0.29) is 0 Å². The summed E-state index contributed by atoms with van der Waals surface area (Å²) in [6.45, 7) is 4.27. The van der Waals surface area contributed by atoms with Crippen molar-refractivity contribution in [1.82, 2.24) is 0 Å². The monoisotopic (exact) mass is 195 g/mol. The molecule has 1 aromatic carbocycles. The number of aryl methyl sites for hydroxylation is 1. The highest BCUT2D eigenvalue weighted by Gasteiger charge is 2.01. The maximum atomic E-state index is 5.85. The molecule has 0 aliphatic rings. The molecule has 0 spiro atoms. The maximum Gasteiger partial charge on any atom is 0.0132 e. The van der Waals surface area contributed by atoms with E-state index in [4.69, 9.17) is 5.73 Å². The van der Waals surface area contributed by atoms with Gasteiger partial charge in [-0.2, -0.15) is 0 Å². The largest absolute Gasteiger partial charge is 0.327 e. The van der Waals surface area contributed by atoms with Gasteiger partial charge in [0.1, 0.15) is 0 Å². The van der Waals surface area contributed by atoms with Crippen LogP contribution < -0.4 is 5.73 Å². The van der Waals surface area contributed by atoms with E-state index in [9.17, 15) is 0 Å². The third-order valence-corrected chi connectivity index (χ3v) is 3.43. The van der Waals surface area contributed by atoms with Gasteiger partial charge in [-0.25, -0.2) is 0 Å². The minimum absolute atomic E-state index is 0.324. The number of hydrogen-bond acceptors (Lipinski definition) is 2. The average molecular weight is 195 g/mol. The standard InChI is InChI=1S/C11H17NS/c1-3-10(12)8-13-11-7-5-4-6-9(11)2/h4-7,10H,3,8,12H2,1-2H3/t10-/m1/s1. The van der Waals surface area contributed by atoms with Crippen LogP contribution in [-0.4, -0.2) is 11.8 Å². The van der Waals surface area contributed by atoms with Gasteiger partial charge < -0.3 is 5.73 Å². The Morgan fingerprint density at radius 1 is 1.38 bits per heavy atom. The van der Waals surface area contributed by atoms with Crippen LogP contribution >= 0.6 is 11.8 Å². The molecule has 0 amide bonds.